The number of carbonyl (C=O) groups excluding carboxylic acids is 1. The van der Waals surface area contributed by atoms with Gasteiger partial charge in [-0.15, -0.1) is 5.10 Å². The highest BCUT2D eigenvalue weighted by molar-refractivity contribution is 8.00. The van der Waals surface area contributed by atoms with Gasteiger partial charge in [-0.3, -0.25) is 9.89 Å². The van der Waals surface area contributed by atoms with Gasteiger partial charge in [0.15, 0.2) is 0 Å². The highest BCUT2D eigenvalue weighted by Crippen LogP contribution is 2.27. The van der Waals surface area contributed by atoms with Gasteiger partial charge in [0.2, 0.25) is 11.1 Å². The van der Waals surface area contributed by atoms with Crippen molar-refractivity contribution in [3.05, 3.63) is 29.6 Å². The van der Waals surface area contributed by atoms with Gasteiger partial charge in [-0.25, -0.2) is 4.98 Å². The maximum atomic E-state index is 12.3. The standard InChI is InChI=1S/C15H20N4O2S/c1-5-13-17-15(19-18-13)22-10(3)14(20)16-11-8-9(2)6-7-12(11)21-4/h6-8,10H,5H2,1-4H3,(H,16,20)(H,17,18,19). The Bertz CT molecular complexity index is 657. The molecule has 2 aromatic rings. The number of nitrogens with zero attached hydrogens (tertiary/aromatic N) is 2. The Morgan fingerprint density at radius 2 is 2.27 bits per heavy atom. The van der Waals surface area contributed by atoms with E-state index in [9.17, 15) is 4.79 Å². The Morgan fingerprint density at radius 1 is 1.50 bits per heavy atom. The lowest BCUT2D eigenvalue weighted by molar-refractivity contribution is -0.115. The molecular formula is C15H20N4O2S. The van der Waals surface area contributed by atoms with E-state index in [1.807, 2.05) is 39.0 Å². The van der Waals surface area contributed by atoms with E-state index in [2.05, 4.69) is 20.5 Å². The number of aromatic amines is 1. The normalized spacial score (nSPS) is 12.0. The van der Waals surface area contributed by atoms with Gasteiger partial charge in [-0.05, 0) is 31.5 Å². The number of aryl methyl sites for hydroxylation is 2. The van der Waals surface area contributed by atoms with Crippen LogP contribution >= 0.6 is 11.8 Å². The molecule has 0 saturated carbocycles. The van der Waals surface area contributed by atoms with Crippen LogP contribution in [-0.2, 0) is 11.2 Å². The van der Waals surface area contributed by atoms with Crippen molar-refractivity contribution in [3.8, 4) is 5.75 Å². The third kappa shape index (κ3) is 4.00. The summed E-state index contributed by atoms with van der Waals surface area (Å²) in [5.74, 6) is 1.34. The van der Waals surface area contributed by atoms with Gasteiger partial charge in [0.1, 0.15) is 11.6 Å². The van der Waals surface area contributed by atoms with Gasteiger partial charge in [0.05, 0.1) is 18.0 Å². The number of rotatable bonds is 6. The first-order valence-electron chi connectivity index (χ1n) is 7.07. The Balaban J connectivity index is 2.03. The molecule has 0 fully saturated rings. The molecule has 0 aliphatic rings. The van der Waals surface area contributed by atoms with Crippen molar-refractivity contribution in [2.24, 2.45) is 0 Å². The van der Waals surface area contributed by atoms with E-state index in [1.165, 1.54) is 11.8 Å². The molecule has 1 atom stereocenters. The third-order valence-electron chi connectivity index (χ3n) is 3.11. The molecule has 0 aliphatic carbocycles. The van der Waals surface area contributed by atoms with Crippen molar-refractivity contribution in [2.45, 2.75) is 37.6 Å². The molecule has 6 nitrogen and oxygen atoms in total. The minimum absolute atomic E-state index is 0.114. The molecule has 1 unspecified atom stereocenters. The Kier molecular flexibility index (Phi) is 5.43. The lowest BCUT2D eigenvalue weighted by Gasteiger charge is -2.13. The summed E-state index contributed by atoms with van der Waals surface area (Å²) in [7, 11) is 1.58. The summed E-state index contributed by atoms with van der Waals surface area (Å²) in [4.78, 5) is 16.6. The molecule has 1 aromatic heterocycles. The van der Waals surface area contributed by atoms with Crippen LogP contribution in [0.2, 0.25) is 0 Å². The van der Waals surface area contributed by atoms with Gasteiger partial charge in [-0.1, -0.05) is 24.8 Å². The van der Waals surface area contributed by atoms with Gasteiger partial charge in [-0.2, -0.15) is 0 Å². The summed E-state index contributed by atoms with van der Waals surface area (Å²) in [6.45, 7) is 5.78. The summed E-state index contributed by atoms with van der Waals surface area (Å²) in [6.07, 6.45) is 0.786. The van der Waals surface area contributed by atoms with Crippen LogP contribution in [-0.4, -0.2) is 33.4 Å². The second-order valence-electron chi connectivity index (χ2n) is 4.87. The van der Waals surface area contributed by atoms with Crippen LogP contribution in [0.3, 0.4) is 0 Å². The second-order valence-corrected chi connectivity index (χ2v) is 6.18. The summed E-state index contributed by atoms with van der Waals surface area (Å²) in [5.41, 5.74) is 1.72. The molecule has 1 aromatic carbocycles. The highest BCUT2D eigenvalue weighted by Gasteiger charge is 2.18. The summed E-state index contributed by atoms with van der Waals surface area (Å²) < 4.78 is 5.27. The molecular weight excluding hydrogens is 300 g/mol. The first kappa shape index (κ1) is 16.4. The van der Waals surface area contributed by atoms with Crippen molar-refractivity contribution in [3.63, 3.8) is 0 Å². The number of amides is 1. The van der Waals surface area contributed by atoms with E-state index in [1.54, 1.807) is 7.11 Å². The average Bonchev–Trinajstić information content (AvgIpc) is 2.95. The van der Waals surface area contributed by atoms with Crippen LogP contribution in [0.4, 0.5) is 5.69 Å². The van der Waals surface area contributed by atoms with E-state index >= 15 is 0 Å². The van der Waals surface area contributed by atoms with Gasteiger partial charge < -0.3 is 10.1 Å². The van der Waals surface area contributed by atoms with E-state index in [4.69, 9.17) is 4.74 Å². The number of aromatic nitrogens is 3. The number of anilines is 1. The first-order valence-corrected chi connectivity index (χ1v) is 7.95. The lowest BCUT2D eigenvalue weighted by atomic mass is 10.2. The molecule has 0 spiro atoms. The average molecular weight is 320 g/mol. The fourth-order valence-corrected chi connectivity index (χ4v) is 2.60. The molecule has 1 heterocycles. The van der Waals surface area contributed by atoms with Crippen molar-refractivity contribution in [1.29, 1.82) is 0 Å². The molecule has 0 aliphatic heterocycles. The van der Waals surface area contributed by atoms with Crippen molar-refractivity contribution in [1.82, 2.24) is 15.2 Å². The highest BCUT2D eigenvalue weighted by atomic mass is 32.2. The Labute approximate surface area is 134 Å². The topological polar surface area (TPSA) is 79.9 Å². The Hall–Kier alpha value is -2.02. The van der Waals surface area contributed by atoms with E-state index in [-0.39, 0.29) is 11.2 Å². The molecule has 2 rings (SSSR count). The number of thioether (sulfide) groups is 1. The van der Waals surface area contributed by atoms with Gasteiger partial charge in [0, 0.05) is 6.42 Å². The minimum Gasteiger partial charge on any atom is -0.495 e. The fourth-order valence-electron chi connectivity index (χ4n) is 1.85. The van der Waals surface area contributed by atoms with Crippen LogP contribution in [0.25, 0.3) is 0 Å². The predicted molar refractivity (Wildman–Crippen MR) is 87.4 cm³/mol. The number of methoxy groups -OCH3 is 1. The quantitative estimate of drug-likeness (QED) is 0.800. The van der Waals surface area contributed by atoms with Gasteiger partial charge in [0.25, 0.3) is 0 Å². The van der Waals surface area contributed by atoms with Crippen molar-refractivity contribution < 1.29 is 9.53 Å². The number of ether oxygens (including phenoxy) is 1. The fraction of sp³-hybridized carbons (Fsp3) is 0.400. The lowest BCUT2D eigenvalue weighted by Crippen LogP contribution is -2.22. The number of carbonyl (C=O) groups is 1. The Morgan fingerprint density at radius 3 is 2.91 bits per heavy atom. The zero-order chi connectivity index (χ0) is 16.1. The molecule has 0 bridgehead atoms. The summed E-state index contributed by atoms with van der Waals surface area (Å²) in [5, 5.41) is 10.1. The number of hydrogen-bond donors (Lipinski definition) is 2. The number of hydrogen-bond acceptors (Lipinski definition) is 5. The van der Waals surface area contributed by atoms with Crippen molar-refractivity contribution in [2.75, 3.05) is 12.4 Å². The van der Waals surface area contributed by atoms with Crippen LogP contribution in [0.5, 0.6) is 5.75 Å². The molecule has 22 heavy (non-hydrogen) atoms. The predicted octanol–water partition coefficient (Wildman–Crippen LogP) is 2.80. The zero-order valence-corrected chi connectivity index (χ0v) is 14.0. The SMILES string of the molecule is CCc1nc(SC(C)C(=O)Nc2cc(C)ccc2OC)n[nH]1. The molecule has 0 radical (unpaired) electrons. The van der Waals surface area contributed by atoms with Crippen molar-refractivity contribution >= 4 is 23.4 Å². The van der Waals surface area contributed by atoms with Crippen LogP contribution in [0.1, 0.15) is 25.2 Å². The third-order valence-corrected chi connectivity index (χ3v) is 4.07. The maximum Gasteiger partial charge on any atom is 0.237 e. The van der Waals surface area contributed by atoms with Crippen LogP contribution in [0, 0.1) is 6.92 Å². The maximum absolute atomic E-state index is 12.3. The largest absolute Gasteiger partial charge is 0.495 e. The van der Waals surface area contributed by atoms with Gasteiger partial charge >= 0.3 is 0 Å². The van der Waals surface area contributed by atoms with E-state index in [0.717, 1.165) is 17.8 Å². The van der Waals surface area contributed by atoms with Crippen LogP contribution < -0.4 is 10.1 Å². The zero-order valence-electron chi connectivity index (χ0n) is 13.1. The summed E-state index contributed by atoms with van der Waals surface area (Å²) in [6, 6.07) is 5.66. The van der Waals surface area contributed by atoms with E-state index in [0.29, 0.717) is 16.6 Å². The molecule has 7 heteroatoms. The van der Waals surface area contributed by atoms with Crippen LogP contribution in [0.15, 0.2) is 23.4 Å². The first-order chi connectivity index (χ1) is 10.5. The monoisotopic (exact) mass is 320 g/mol. The molecule has 0 saturated heterocycles. The number of H-pyrrole nitrogens is 1. The minimum atomic E-state index is -0.314. The van der Waals surface area contributed by atoms with E-state index < -0.39 is 0 Å². The second kappa shape index (κ2) is 7.31. The number of benzene rings is 1. The molecule has 2 N–H and O–H groups in total. The number of nitrogens with one attached hydrogen (secondary N) is 2. The smallest absolute Gasteiger partial charge is 0.237 e. The molecule has 118 valence electrons. The summed E-state index contributed by atoms with van der Waals surface area (Å²) >= 11 is 1.32. The molecule has 1 amide bonds.